The van der Waals surface area contributed by atoms with E-state index in [9.17, 15) is 4.79 Å². The lowest BCUT2D eigenvalue weighted by Gasteiger charge is -2.26. The standard InChI is InChI=1S/C19H21ClN2O3/c1-24-17-9-13-7-8-22(11-14(13)10-18(17)25-2)12-19(23)21-16-5-3-15(20)4-6-16/h3-6,9-10H,7-8,11-12H2,1-2H3,(H,21,23)/p+1. The van der Waals surface area contributed by atoms with Crippen molar-refractivity contribution in [3.63, 3.8) is 0 Å². The van der Waals surface area contributed by atoms with Crippen LogP contribution >= 0.6 is 11.6 Å². The molecule has 1 aliphatic rings. The number of fused-ring (bicyclic) bond motifs is 1. The molecule has 0 aliphatic carbocycles. The highest BCUT2D eigenvalue weighted by molar-refractivity contribution is 6.30. The smallest absolute Gasteiger partial charge is 0.279 e. The van der Waals surface area contributed by atoms with Crippen molar-refractivity contribution in [1.29, 1.82) is 0 Å². The summed E-state index contributed by atoms with van der Waals surface area (Å²) in [5.74, 6) is 1.49. The first-order valence-electron chi connectivity index (χ1n) is 8.22. The Labute approximate surface area is 152 Å². The maximum atomic E-state index is 12.3. The van der Waals surface area contributed by atoms with Gasteiger partial charge in [0.15, 0.2) is 18.0 Å². The zero-order valence-corrected chi connectivity index (χ0v) is 15.2. The van der Waals surface area contributed by atoms with E-state index in [0.29, 0.717) is 11.6 Å². The van der Waals surface area contributed by atoms with Crippen LogP contribution in [-0.2, 0) is 17.8 Å². The zero-order valence-electron chi connectivity index (χ0n) is 14.4. The lowest BCUT2D eigenvalue weighted by atomic mass is 9.99. The molecular weight excluding hydrogens is 340 g/mol. The second-order valence-corrected chi connectivity index (χ2v) is 6.57. The number of rotatable bonds is 5. The predicted molar refractivity (Wildman–Crippen MR) is 97.7 cm³/mol. The number of hydrogen-bond acceptors (Lipinski definition) is 3. The minimum atomic E-state index is 0.00116. The molecule has 3 rings (SSSR count). The van der Waals surface area contributed by atoms with Crippen LogP contribution in [0.15, 0.2) is 36.4 Å². The molecule has 2 aromatic carbocycles. The van der Waals surface area contributed by atoms with Gasteiger partial charge in [0.1, 0.15) is 6.54 Å². The highest BCUT2D eigenvalue weighted by Crippen LogP contribution is 2.31. The number of anilines is 1. The first kappa shape index (κ1) is 17.6. The summed E-state index contributed by atoms with van der Waals surface area (Å²) in [5.41, 5.74) is 3.23. The molecule has 2 aromatic rings. The van der Waals surface area contributed by atoms with Gasteiger partial charge in [-0.2, -0.15) is 0 Å². The molecule has 132 valence electrons. The fourth-order valence-corrected chi connectivity index (χ4v) is 3.27. The zero-order chi connectivity index (χ0) is 17.8. The Bertz CT molecular complexity index is 762. The van der Waals surface area contributed by atoms with Gasteiger partial charge in [-0.25, -0.2) is 0 Å². The molecule has 25 heavy (non-hydrogen) atoms. The van der Waals surface area contributed by atoms with E-state index >= 15 is 0 Å². The van der Waals surface area contributed by atoms with Crippen LogP contribution in [0.5, 0.6) is 11.5 Å². The molecule has 6 heteroatoms. The fraction of sp³-hybridized carbons (Fsp3) is 0.316. The lowest BCUT2D eigenvalue weighted by Crippen LogP contribution is -3.12. The summed E-state index contributed by atoms with van der Waals surface area (Å²) in [7, 11) is 3.28. The van der Waals surface area contributed by atoms with Gasteiger partial charge in [-0.05, 0) is 42.0 Å². The molecular formula is C19H22ClN2O3+. The number of methoxy groups -OCH3 is 2. The molecule has 1 aliphatic heterocycles. The van der Waals surface area contributed by atoms with Gasteiger partial charge < -0.3 is 19.7 Å². The minimum Gasteiger partial charge on any atom is -0.493 e. The van der Waals surface area contributed by atoms with E-state index in [1.807, 2.05) is 12.1 Å². The number of nitrogens with one attached hydrogen (secondary N) is 2. The molecule has 1 heterocycles. The molecule has 0 bridgehead atoms. The number of carbonyl (C=O) groups excluding carboxylic acids is 1. The maximum absolute atomic E-state index is 12.3. The molecule has 0 fully saturated rings. The van der Waals surface area contributed by atoms with Gasteiger partial charge in [0.2, 0.25) is 0 Å². The van der Waals surface area contributed by atoms with Gasteiger partial charge in [-0.15, -0.1) is 0 Å². The highest BCUT2D eigenvalue weighted by Gasteiger charge is 2.24. The Kier molecular flexibility index (Phi) is 5.46. The van der Waals surface area contributed by atoms with Crippen molar-refractivity contribution in [2.75, 3.05) is 32.6 Å². The highest BCUT2D eigenvalue weighted by atomic mass is 35.5. The summed E-state index contributed by atoms with van der Waals surface area (Å²) in [4.78, 5) is 13.5. The molecule has 0 spiro atoms. The summed E-state index contributed by atoms with van der Waals surface area (Å²) >= 11 is 5.86. The Morgan fingerprint density at radius 3 is 2.40 bits per heavy atom. The average Bonchev–Trinajstić information content (AvgIpc) is 2.62. The first-order chi connectivity index (χ1) is 12.1. The van der Waals surface area contributed by atoms with Gasteiger partial charge in [-0.3, -0.25) is 4.79 Å². The maximum Gasteiger partial charge on any atom is 0.279 e. The van der Waals surface area contributed by atoms with E-state index < -0.39 is 0 Å². The number of carbonyl (C=O) groups is 1. The van der Waals surface area contributed by atoms with Crippen LogP contribution in [0.3, 0.4) is 0 Å². The van der Waals surface area contributed by atoms with Crippen molar-refractivity contribution >= 4 is 23.2 Å². The summed E-state index contributed by atoms with van der Waals surface area (Å²) in [6, 6.07) is 11.2. The molecule has 2 N–H and O–H groups in total. The topological polar surface area (TPSA) is 52.0 Å². The van der Waals surface area contributed by atoms with Crippen LogP contribution in [0, 0.1) is 0 Å². The third-order valence-corrected chi connectivity index (χ3v) is 4.68. The summed E-state index contributed by atoms with van der Waals surface area (Å²) in [6.07, 6.45) is 0.916. The third kappa shape index (κ3) is 4.24. The normalized spacial score (nSPS) is 16.0. The predicted octanol–water partition coefficient (Wildman–Crippen LogP) is 1.94. The number of quaternary nitrogens is 1. The second-order valence-electron chi connectivity index (χ2n) is 6.13. The molecule has 0 saturated carbocycles. The van der Waals surface area contributed by atoms with Gasteiger partial charge in [-0.1, -0.05) is 11.6 Å². The van der Waals surface area contributed by atoms with Crippen molar-refractivity contribution in [2.24, 2.45) is 0 Å². The summed E-state index contributed by atoms with van der Waals surface area (Å²) < 4.78 is 10.7. The molecule has 1 unspecified atom stereocenters. The van der Waals surface area contributed by atoms with E-state index in [-0.39, 0.29) is 5.91 Å². The largest absolute Gasteiger partial charge is 0.493 e. The molecule has 0 saturated heterocycles. The Morgan fingerprint density at radius 2 is 1.76 bits per heavy atom. The van der Waals surface area contributed by atoms with Gasteiger partial charge >= 0.3 is 0 Å². The van der Waals surface area contributed by atoms with Crippen LogP contribution in [0.4, 0.5) is 5.69 Å². The molecule has 1 amide bonds. The van der Waals surface area contributed by atoms with Gasteiger partial charge in [0.25, 0.3) is 5.91 Å². The Morgan fingerprint density at radius 1 is 1.12 bits per heavy atom. The minimum absolute atomic E-state index is 0.00116. The van der Waals surface area contributed by atoms with Crippen LogP contribution < -0.4 is 19.7 Å². The summed E-state index contributed by atoms with van der Waals surface area (Å²) in [6.45, 7) is 2.14. The SMILES string of the molecule is COc1cc2c(cc1OC)C[NH+](CC(=O)Nc1ccc(Cl)cc1)CC2. The Hall–Kier alpha value is -2.24. The van der Waals surface area contributed by atoms with E-state index in [2.05, 4.69) is 5.32 Å². The number of benzene rings is 2. The van der Waals surface area contributed by atoms with Crippen molar-refractivity contribution in [3.05, 3.63) is 52.5 Å². The number of halogens is 1. The van der Waals surface area contributed by atoms with Crippen molar-refractivity contribution in [2.45, 2.75) is 13.0 Å². The van der Waals surface area contributed by atoms with Crippen molar-refractivity contribution in [1.82, 2.24) is 0 Å². The van der Waals surface area contributed by atoms with Gasteiger partial charge in [0.05, 0.1) is 20.8 Å². The van der Waals surface area contributed by atoms with E-state index in [1.165, 1.54) is 16.0 Å². The second kappa shape index (κ2) is 7.76. The van der Waals surface area contributed by atoms with Crippen LogP contribution in [0.2, 0.25) is 5.02 Å². The molecule has 0 radical (unpaired) electrons. The summed E-state index contributed by atoms with van der Waals surface area (Å²) in [5, 5.41) is 3.57. The third-order valence-electron chi connectivity index (χ3n) is 4.43. The molecule has 5 nitrogen and oxygen atoms in total. The molecule has 0 aromatic heterocycles. The van der Waals surface area contributed by atoms with E-state index in [0.717, 1.165) is 36.7 Å². The van der Waals surface area contributed by atoms with Gasteiger partial charge in [0, 0.05) is 22.7 Å². The van der Waals surface area contributed by atoms with E-state index in [1.54, 1.807) is 38.5 Å². The first-order valence-corrected chi connectivity index (χ1v) is 8.59. The van der Waals surface area contributed by atoms with Crippen LogP contribution in [-0.4, -0.2) is 33.2 Å². The number of amides is 1. The average molecular weight is 362 g/mol. The van der Waals surface area contributed by atoms with Crippen LogP contribution in [0.1, 0.15) is 11.1 Å². The molecule has 1 atom stereocenters. The van der Waals surface area contributed by atoms with Crippen molar-refractivity contribution in [3.8, 4) is 11.5 Å². The quantitative estimate of drug-likeness (QED) is 0.855. The van der Waals surface area contributed by atoms with Crippen molar-refractivity contribution < 1.29 is 19.2 Å². The van der Waals surface area contributed by atoms with Crippen LogP contribution in [0.25, 0.3) is 0 Å². The number of hydrogen-bond donors (Lipinski definition) is 2. The lowest BCUT2D eigenvalue weighted by molar-refractivity contribution is -0.907. The van der Waals surface area contributed by atoms with E-state index in [4.69, 9.17) is 21.1 Å². The fourth-order valence-electron chi connectivity index (χ4n) is 3.15. The Balaban J connectivity index is 1.64. The number of ether oxygens (including phenoxy) is 2. The monoisotopic (exact) mass is 361 g/mol.